The Bertz CT molecular complexity index is 880. The van der Waals surface area contributed by atoms with Crippen LogP contribution >= 0.6 is 0 Å². The zero-order valence-corrected chi connectivity index (χ0v) is 18.4. The fourth-order valence-electron chi connectivity index (χ4n) is 3.63. The average Bonchev–Trinajstić information content (AvgIpc) is 2.75. The number of hydrogen-bond donors (Lipinski definition) is 1. The van der Waals surface area contributed by atoms with Crippen LogP contribution in [0, 0.1) is 12.8 Å². The standard InChI is InChI=1S/C25H31NO5/c1-18-10-7-8-13-21(18)31-25(2,3)24-29-17-20(11-5-4-6-14-22(27)28)23(30-24)19-12-9-15-26-16-19/h4-5,7-10,12-13,15-16,20,23-24H,6,11,14,17H2,1-3H3,(H,27,28)/b5-4-. The second-order valence-corrected chi connectivity index (χ2v) is 8.38. The molecular weight excluding hydrogens is 394 g/mol. The Morgan fingerprint density at radius 3 is 2.77 bits per heavy atom. The van der Waals surface area contributed by atoms with Crippen molar-refractivity contribution in [1.29, 1.82) is 0 Å². The first-order valence-corrected chi connectivity index (χ1v) is 10.7. The number of aromatic nitrogens is 1. The van der Waals surface area contributed by atoms with Gasteiger partial charge in [-0.3, -0.25) is 9.78 Å². The van der Waals surface area contributed by atoms with E-state index in [1.807, 2.05) is 75.5 Å². The number of nitrogens with zero attached hydrogens (tertiary/aromatic N) is 1. The predicted molar refractivity (Wildman–Crippen MR) is 118 cm³/mol. The highest BCUT2D eigenvalue weighted by Gasteiger charge is 2.42. The minimum Gasteiger partial charge on any atom is -0.482 e. The lowest BCUT2D eigenvalue weighted by Crippen LogP contribution is -2.50. The highest BCUT2D eigenvalue weighted by Crippen LogP contribution is 2.38. The number of ether oxygens (including phenoxy) is 3. The van der Waals surface area contributed by atoms with Crippen molar-refractivity contribution in [2.75, 3.05) is 6.61 Å². The molecule has 1 aliphatic heterocycles. The van der Waals surface area contributed by atoms with Crippen molar-refractivity contribution < 1.29 is 24.1 Å². The summed E-state index contributed by atoms with van der Waals surface area (Å²) in [5.74, 6) is 0.109. The summed E-state index contributed by atoms with van der Waals surface area (Å²) in [4.78, 5) is 14.9. The van der Waals surface area contributed by atoms with E-state index in [0.717, 1.165) is 23.3 Å². The third-order valence-electron chi connectivity index (χ3n) is 5.34. The normalized spacial score (nSPS) is 21.8. The molecule has 1 N–H and O–H groups in total. The fraction of sp³-hybridized carbons (Fsp3) is 0.440. The van der Waals surface area contributed by atoms with Crippen LogP contribution < -0.4 is 4.74 Å². The fourth-order valence-corrected chi connectivity index (χ4v) is 3.63. The third-order valence-corrected chi connectivity index (χ3v) is 5.34. The van der Waals surface area contributed by atoms with Crippen molar-refractivity contribution in [3.8, 4) is 5.75 Å². The number of carbonyl (C=O) groups is 1. The molecule has 6 nitrogen and oxygen atoms in total. The summed E-state index contributed by atoms with van der Waals surface area (Å²) in [5.41, 5.74) is 1.35. The van der Waals surface area contributed by atoms with Crippen molar-refractivity contribution in [2.45, 2.75) is 58.0 Å². The number of pyridine rings is 1. The predicted octanol–water partition coefficient (Wildman–Crippen LogP) is 5.09. The molecule has 1 aromatic carbocycles. The minimum absolute atomic E-state index is 0.0933. The molecule has 0 amide bonds. The van der Waals surface area contributed by atoms with Crippen LogP contribution in [0.3, 0.4) is 0 Å². The van der Waals surface area contributed by atoms with Crippen LogP contribution in [0.4, 0.5) is 0 Å². The highest BCUT2D eigenvalue weighted by molar-refractivity contribution is 5.66. The number of carboxylic acid groups (broad SMARTS) is 1. The minimum atomic E-state index is -0.791. The van der Waals surface area contributed by atoms with Gasteiger partial charge in [0.2, 0.25) is 0 Å². The van der Waals surface area contributed by atoms with Gasteiger partial charge in [-0.25, -0.2) is 0 Å². The van der Waals surface area contributed by atoms with E-state index in [9.17, 15) is 4.79 Å². The van der Waals surface area contributed by atoms with Crippen molar-refractivity contribution >= 4 is 5.97 Å². The molecule has 3 rings (SSSR count). The number of rotatable bonds is 9. The van der Waals surface area contributed by atoms with Crippen LogP contribution in [0.2, 0.25) is 0 Å². The van der Waals surface area contributed by atoms with E-state index in [1.165, 1.54) is 0 Å². The van der Waals surface area contributed by atoms with Crippen molar-refractivity contribution in [2.24, 2.45) is 5.92 Å². The van der Waals surface area contributed by atoms with Crippen LogP contribution in [-0.2, 0) is 14.3 Å². The maximum absolute atomic E-state index is 10.7. The van der Waals surface area contributed by atoms with Crippen LogP contribution in [-0.4, -0.2) is 34.6 Å². The molecule has 6 heteroatoms. The van der Waals surface area contributed by atoms with E-state index in [2.05, 4.69) is 4.98 Å². The van der Waals surface area contributed by atoms with Gasteiger partial charge in [0.05, 0.1) is 12.7 Å². The Morgan fingerprint density at radius 1 is 1.26 bits per heavy atom. The van der Waals surface area contributed by atoms with Crippen molar-refractivity contribution in [1.82, 2.24) is 4.98 Å². The molecule has 2 aromatic rings. The molecule has 0 aliphatic carbocycles. The number of para-hydroxylation sites is 1. The lowest BCUT2D eigenvalue weighted by molar-refractivity contribution is -0.288. The van der Waals surface area contributed by atoms with Gasteiger partial charge in [0.25, 0.3) is 0 Å². The zero-order chi connectivity index (χ0) is 22.3. The summed E-state index contributed by atoms with van der Waals surface area (Å²) in [7, 11) is 0. The molecule has 1 fully saturated rings. The van der Waals surface area contributed by atoms with Crippen LogP contribution in [0.1, 0.15) is 50.3 Å². The van der Waals surface area contributed by atoms with Gasteiger partial charge >= 0.3 is 5.97 Å². The van der Waals surface area contributed by atoms with Crippen molar-refractivity contribution in [3.05, 3.63) is 72.1 Å². The van der Waals surface area contributed by atoms with Gasteiger partial charge in [-0.2, -0.15) is 0 Å². The van der Waals surface area contributed by atoms with Gasteiger partial charge in [0.15, 0.2) is 11.9 Å². The number of carboxylic acids is 1. The Hall–Kier alpha value is -2.70. The first-order valence-electron chi connectivity index (χ1n) is 10.7. The lowest BCUT2D eigenvalue weighted by Gasteiger charge is -2.43. The maximum atomic E-state index is 10.7. The van der Waals surface area contributed by atoms with Gasteiger partial charge in [0.1, 0.15) is 5.75 Å². The number of aliphatic carboxylic acids is 1. The Labute approximate surface area is 183 Å². The molecule has 1 saturated heterocycles. The SMILES string of the molecule is Cc1ccccc1OC(C)(C)C1OCC(C/C=C\CCC(=O)O)C(c2cccnc2)O1. The van der Waals surface area contributed by atoms with E-state index < -0.39 is 17.9 Å². The first-order chi connectivity index (χ1) is 14.9. The number of aryl methyl sites for hydroxylation is 1. The summed E-state index contributed by atoms with van der Waals surface area (Å²) >= 11 is 0. The molecule has 31 heavy (non-hydrogen) atoms. The molecule has 3 atom stereocenters. The molecular formula is C25H31NO5. The molecule has 1 aromatic heterocycles. The molecule has 0 spiro atoms. The van der Waals surface area contributed by atoms with Gasteiger partial charge in [-0.15, -0.1) is 0 Å². The highest BCUT2D eigenvalue weighted by atomic mass is 16.7. The first kappa shape index (κ1) is 23.0. The van der Waals surface area contributed by atoms with E-state index in [0.29, 0.717) is 13.0 Å². The van der Waals surface area contributed by atoms with Gasteiger partial charge in [0, 0.05) is 24.7 Å². The Balaban J connectivity index is 1.72. The summed E-state index contributed by atoms with van der Waals surface area (Å²) in [6, 6.07) is 11.8. The summed E-state index contributed by atoms with van der Waals surface area (Å²) in [6.45, 7) is 6.46. The van der Waals surface area contributed by atoms with Crippen LogP contribution in [0.15, 0.2) is 60.9 Å². The number of benzene rings is 1. The molecule has 166 valence electrons. The van der Waals surface area contributed by atoms with Gasteiger partial charge in [-0.05, 0) is 56.9 Å². The molecule has 2 heterocycles. The topological polar surface area (TPSA) is 77.9 Å². The second-order valence-electron chi connectivity index (χ2n) is 8.38. The van der Waals surface area contributed by atoms with E-state index in [1.54, 1.807) is 6.20 Å². The van der Waals surface area contributed by atoms with E-state index in [4.69, 9.17) is 19.3 Å². The van der Waals surface area contributed by atoms with E-state index in [-0.39, 0.29) is 18.4 Å². The third kappa shape index (κ3) is 6.39. The molecule has 0 radical (unpaired) electrons. The quantitative estimate of drug-likeness (QED) is 0.564. The number of allylic oxidation sites excluding steroid dienone is 2. The van der Waals surface area contributed by atoms with Crippen LogP contribution in [0.5, 0.6) is 5.75 Å². The smallest absolute Gasteiger partial charge is 0.303 e. The molecule has 3 unspecified atom stereocenters. The van der Waals surface area contributed by atoms with E-state index >= 15 is 0 Å². The Kier molecular flexibility index (Phi) is 7.82. The maximum Gasteiger partial charge on any atom is 0.303 e. The van der Waals surface area contributed by atoms with Crippen LogP contribution in [0.25, 0.3) is 0 Å². The summed E-state index contributed by atoms with van der Waals surface area (Å²) in [5, 5.41) is 8.79. The average molecular weight is 426 g/mol. The van der Waals surface area contributed by atoms with Gasteiger partial charge < -0.3 is 19.3 Å². The molecule has 0 saturated carbocycles. The lowest BCUT2D eigenvalue weighted by atomic mass is 9.92. The monoisotopic (exact) mass is 425 g/mol. The van der Waals surface area contributed by atoms with Crippen molar-refractivity contribution in [3.63, 3.8) is 0 Å². The van der Waals surface area contributed by atoms with Gasteiger partial charge in [-0.1, -0.05) is 36.4 Å². The molecule has 0 bridgehead atoms. The second kappa shape index (κ2) is 10.6. The summed E-state index contributed by atoms with van der Waals surface area (Å²) < 4.78 is 18.9. The largest absolute Gasteiger partial charge is 0.482 e. The Morgan fingerprint density at radius 2 is 2.06 bits per heavy atom. The zero-order valence-electron chi connectivity index (χ0n) is 18.4. The number of hydrogen-bond acceptors (Lipinski definition) is 5. The summed E-state index contributed by atoms with van der Waals surface area (Å²) in [6.07, 6.45) is 8.11. The molecule has 1 aliphatic rings.